The van der Waals surface area contributed by atoms with E-state index in [0.717, 1.165) is 0 Å². The van der Waals surface area contributed by atoms with Crippen molar-refractivity contribution in [1.29, 1.82) is 5.26 Å². The molecule has 1 aromatic carbocycles. The van der Waals surface area contributed by atoms with Gasteiger partial charge in [0.05, 0.1) is 30.4 Å². The number of amides is 1. The highest BCUT2D eigenvalue weighted by molar-refractivity contribution is 5.78. The number of benzene rings is 1. The maximum absolute atomic E-state index is 11.7. The van der Waals surface area contributed by atoms with E-state index in [1.54, 1.807) is 31.2 Å². The van der Waals surface area contributed by atoms with Gasteiger partial charge >= 0.3 is 0 Å². The zero-order valence-electron chi connectivity index (χ0n) is 11.3. The van der Waals surface area contributed by atoms with Crippen LogP contribution in [0.25, 0.3) is 0 Å². The van der Waals surface area contributed by atoms with E-state index in [0.29, 0.717) is 17.7 Å². The first-order chi connectivity index (χ1) is 9.59. The van der Waals surface area contributed by atoms with Crippen LogP contribution in [0.4, 0.5) is 0 Å². The van der Waals surface area contributed by atoms with E-state index in [4.69, 9.17) is 10.00 Å². The van der Waals surface area contributed by atoms with E-state index >= 15 is 0 Å². The highest BCUT2D eigenvalue weighted by Gasteiger charge is 2.28. The van der Waals surface area contributed by atoms with Crippen LogP contribution in [0.1, 0.15) is 18.9 Å². The van der Waals surface area contributed by atoms with E-state index < -0.39 is 11.4 Å². The molecule has 0 spiro atoms. The lowest BCUT2D eigenvalue weighted by atomic mass is 9.98. The van der Waals surface area contributed by atoms with Crippen LogP contribution in [0, 0.1) is 11.3 Å². The van der Waals surface area contributed by atoms with Crippen molar-refractivity contribution in [3.8, 4) is 11.8 Å². The van der Waals surface area contributed by atoms with Crippen LogP contribution in [0.15, 0.2) is 24.3 Å². The fourth-order valence-corrected chi connectivity index (χ4v) is 1.55. The summed E-state index contributed by atoms with van der Waals surface area (Å²) in [5.74, 6) is 0.0357. The van der Waals surface area contributed by atoms with Crippen molar-refractivity contribution in [1.82, 2.24) is 5.32 Å². The highest BCUT2D eigenvalue weighted by Crippen LogP contribution is 2.12. The molecule has 0 saturated heterocycles. The van der Waals surface area contributed by atoms with Crippen LogP contribution >= 0.6 is 0 Å². The second kappa shape index (κ2) is 7.48. The maximum Gasteiger partial charge on any atom is 0.258 e. The van der Waals surface area contributed by atoms with Crippen LogP contribution in [0.5, 0.6) is 5.75 Å². The average Bonchev–Trinajstić information content (AvgIpc) is 2.51. The van der Waals surface area contributed by atoms with Gasteiger partial charge in [-0.2, -0.15) is 5.26 Å². The number of aliphatic hydroxyl groups is 2. The van der Waals surface area contributed by atoms with Gasteiger partial charge in [0.15, 0.2) is 6.61 Å². The average molecular weight is 278 g/mol. The van der Waals surface area contributed by atoms with E-state index in [-0.39, 0.29) is 19.8 Å². The predicted octanol–water partition coefficient (Wildman–Crippen LogP) is 0.187. The molecule has 0 bridgehead atoms. The molecule has 20 heavy (non-hydrogen) atoms. The number of carbonyl (C=O) groups is 1. The van der Waals surface area contributed by atoms with E-state index in [9.17, 15) is 15.0 Å². The molecule has 0 aliphatic heterocycles. The summed E-state index contributed by atoms with van der Waals surface area (Å²) in [4.78, 5) is 11.7. The molecule has 0 aromatic heterocycles. The summed E-state index contributed by atoms with van der Waals surface area (Å²) in [7, 11) is 0. The molecule has 0 saturated carbocycles. The number of ether oxygens (including phenoxy) is 1. The summed E-state index contributed by atoms with van der Waals surface area (Å²) in [6.07, 6.45) is 0.405. The minimum atomic E-state index is -1.02. The number of rotatable bonds is 7. The van der Waals surface area contributed by atoms with Gasteiger partial charge in [-0.05, 0) is 30.7 Å². The fourth-order valence-electron chi connectivity index (χ4n) is 1.55. The Labute approximate surface area is 117 Å². The van der Waals surface area contributed by atoms with Gasteiger partial charge in [-0.15, -0.1) is 0 Å². The Kier molecular flexibility index (Phi) is 5.97. The molecule has 0 aliphatic carbocycles. The Morgan fingerprint density at radius 1 is 1.35 bits per heavy atom. The van der Waals surface area contributed by atoms with Crippen molar-refractivity contribution in [2.75, 3.05) is 19.8 Å². The second-order valence-electron chi connectivity index (χ2n) is 4.42. The number of aliphatic hydroxyl groups excluding tert-OH is 2. The number of nitrogens with zero attached hydrogens (tertiary/aromatic N) is 1. The highest BCUT2D eigenvalue weighted by atomic mass is 16.5. The van der Waals surface area contributed by atoms with Gasteiger partial charge in [-0.1, -0.05) is 6.92 Å². The van der Waals surface area contributed by atoms with Crippen molar-refractivity contribution < 1.29 is 19.7 Å². The molecular formula is C14H18N2O4. The Hall–Kier alpha value is -2.10. The molecule has 108 valence electrons. The van der Waals surface area contributed by atoms with Gasteiger partial charge in [0, 0.05) is 0 Å². The summed E-state index contributed by atoms with van der Waals surface area (Å²) in [5, 5.41) is 29.7. The van der Waals surface area contributed by atoms with Gasteiger partial charge in [-0.3, -0.25) is 4.79 Å². The quantitative estimate of drug-likeness (QED) is 0.660. The van der Waals surface area contributed by atoms with E-state index in [1.165, 1.54) is 0 Å². The molecule has 1 rings (SSSR count). The Morgan fingerprint density at radius 3 is 2.40 bits per heavy atom. The SMILES string of the molecule is CCC(CO)(CO)NC(=O)COc1ccc(C#N)cc1. The fraction of sp³-hybridized carbons (Fsp3) is 0.429. The first-order valence-electron chi connectivity index (χ1n) is 6.25. The molecule has 0 radical (unpaired) electrons. The lowest BCUT2D eigenvalue weighted by molar-refractivity contribution is -0.126. The molecule has 1 amide bonds. The topological polar surface area (TPSA) is 103 Å². The zero-order chi connectivity index (χ0) is 15.0. The minimum absolute atomic E-state index is 0.229. The van der Waals surface area contributed by atoms with Crippen molar-refractivity contribution in [2.24, 2.45) is 0 Å². The maximum atomic E-state index is 11.7. The van der Waals surface area contributed by atoms with Crippen LogP contribution < -0.4 is 10.1 Å². The van der Waals surface area contributed by atoms with E-state index in [2.05, 4.69) is 5.32 Å². The third kappa shape index (κ3) is 4.23. The van der Waals surface area contributed by atoms with Crippen LogP contribution in [0.2, 0.25) is 0 Å². The van der Waals surface area contributed by atoms with Gasteiger partial charge < -0.3 is 20.3 Å². The first kappa shape index (κ1) is 16.0. The molecule has 6 nitrogen and oxygen atoms in total. The number of nitriles is 1. The van der Waals surface area contributed by atoms with Crippen molar-refractivity contribution in [3.05, 3.63) is 29.8 Å². The van der Waals surface area contributed by atoms with Gasteiger partial charge in [0.1, 0.15) is 5.75 Å². The second-order valence-corrected chi connectivity index (χ2v) is 4.42. The van der Waals surface area contributed by atoms with Crippen molar-refractivity contribution in [3.63, 3.8) is 0 Å². The summed E-state index contributed by atoms with van der Waals surface area (Å²) in [6, 6.07) is 8.35. The van der Waals surface area contributed by atoms with Crippen LogP contribution in [0.3, 0.4) is 0 Å². The molecule has 0 unspecified atom stereocenters. The molecular weight excluding hydrogens is 260 g/mol. The first-order valence-corrected chi connectivity index (χ1v) is 6.25. The third-order valence-electron chi connectivity index (χ3n) is 3.04. The predicted molar refractivity (Wildman–Crippen MR) is 72.0 cm³/mol. The molecule has 1 aromatic rings. The standard InChI is InChI=1S/C14H18N2O4/c1-2-14(9-17,10-18)16-13(19)8-20-12-5-3-11(7-15)4-6-12/h3-6,17-18H,2,8-10H2,1H3,(H,16,19). The number of carbonyl (C=O) groups excluding carboxylic acids is 1. The molecule has 0 atom stereocenters. The summed E-state index contributed by atoms with van der Waals surface area (Å²) in [6.45, 7) is 0.840. The van der Waals surface area contributed by atoms with Gasteiger partial charge in [-0.25, -0.2) is 0 Å². The Balaban J connectivity index is 2.52. The Bertz CT molecular complexity index is 467. The molecule has 6 heteroatoms. The summed E-state index contributed by atoms with van der Waals surface area (Å²) < 4.78 is 5.26. The zero-order valence-corrected chi connectivity index (χ0v) is 11.3. The molecule has 3 N–H and O–H groups in total. The largest absolute Gasteiger partial charge is 0.484 e. The molecule has 0 fully saturated rings. The summed E-state index contributed by atoms with van der Waals surface area (Å²) >= 11 is 0. The number of nitrogens with one attached hydrogen (secondary N) is 1. The lowest BCUT2D eigenvalue weighted by Crippen LogP contribution is -2.54. The van der Waals surface area contributed by atoms with Gasteiger partial charge in [0.25, 0.3) is 5.91 Å². The van der Waals surface area contributed by atoms with E-state index in [1.807, 2.05) is 6.07 Å². The van der Waals surface area contributed by atoms with Gasteiger partial charge in [0.2, 0.25) is 0 Å². The molecule has 0 heterocycles. The normalized spacial score (nSPS) is 10.7. The molecule has 0 aliphatic rings. The Morgan fingerprint density at radius 2 is 1.95 bits per heavy atom. The minimum Gasteiger partial charge on any atom is -0.484 e. The third-order valence-corrected chi connectivity index (χ3v) is 3.04. The summed E-state index contributed by atoms with van der Waals surface area (Å²) in [5.41, 5.74) is -0.516. The lowest BCUT2D eigenvalue weighted by Gasteiger charge is -2.29. The number of hydrogen-bond acceptors (Lipinski definition) is 5. The van der Waals surface area contributed by atoms with Crippen molar-refractivity contribution in [2.45, 2.75) is 18.9 Å². The van der Waals surface area contributed by atoms with Crippen molar-refractivity contribution >= 4 is 5.91 Å². The van der Waals surface area contributed by atoms with Crippen LogP contribution in [-0.2, 0) is 4.79 Å². The number of hydrogen-bond donors (Lipinski definition) is 3. The van der Waals surface area contributed by atoms with Crippen LogP contribution in [-0.4, -0.2) is 41.5 Å². The smallest absolute Gasteiger partial charge is 0.258 e. The monoisotopic (exact) mass is 278 g/mol.